The van der Waals surface area contributed by atoms with Crippen LogP contribution in [0.4, 0.5) is 0 Å². The van der Waals surface area contributed by atoms with Gasteiger partial charge in [0, 0.05) is 32.8 Å². The molecule has 0 saturated heterocycles. The number of furan rings is 1. The van der Waals surface area contributed by atoms with Crippen LogP contribution in [0.1, 0.15) is 0 Å². The van der Waals surface area contributed by atoms with Crippen LogP contribution in [0.15, 0.2) is 156 Å². The molecular formula is C41H25N3O. The van der Waals surface area contributed by atoms with Crippen LogP contribution in [0.5, 0.6) is 0 Å². The molecule has 9 rings (SSSR count). The largest absolute Gasteiger partial charge is 0.455 e. The minimum absolute atomic E-state index is 0.601. The first-order chi connectivity index (χ1) is 22.3. The number of rotatable bonds is 4. The Morgan fingerprint density at radius 2 is 0.933 bits per heavy atom. The summed E-state index contributed by atoms with van der Waals surface area (Å²) in [6, 6.07) is 52.2. The minimum atomic E-state index is 0.601. The highest BCUT2D eigenvalue weighted by Crippen LogP contribution is 2.40. The van der Waals surface area contributed by atoms with E-state index in [1.54, 1.807) is 0 Å². The molecule has 0 saturated carbocycles. The van der Waals surface area contributed by atoms with E-state index in [4.69, 9.17) is 19.4 Å². The van der Waals surface area contributed by atoms with Crippen LogP contribution in [0.2, 0.25) is 0 Å². The Morgan fingerprint density at radius 3 is 1.69 bits per heavy atom. The molecule has 0 radical (unpaired) electrons. The van der Waals surface area contributed by atoms with Gasteiger partial charge in [-0.1, -0.05) is 127 Å². The Hall–Kier alpha value is -6.13. The van der Waals surface area contributed by atoms with E-state index < -0.39 is 0 Å². The summed E-state index contributed by atoms with van der Waals surface area (Å²) in [4.78, 5) is 14.9. The summed E-state index contributed by atoms with van der Waals surface area (Å²) >= 11 is 0. The second kappa shape index (κ2) is 10.2. The van der Waals surface area contributed by atoms with Crippen molar-refractivity contribution in [3.63, 3.8) is 0 Å². The molecule has 210 valence electrons. The van der Waals surface area contributed by atoms with Gasteiger partial charge in [-0.2, -0.15) is 0 Å². The Kier molecular flexibility index (Phi) is 5.78. The van der Waals surface area contributed by atoms with Gasteiger partial charge in [0.1, 0.15) is 11.2 Å². The number of aromatic nitrogens is 3. The molecule has 45 heavy (non-hydrogen) atoms. The molecule has 0 amide bonds. The molecule has 2 aromatic heterocycles. The van der Waals surface area contributed by atoms with Crippen molar-refractivity contribution in [3.05, 3.63) is 152 Å². The molecule has 7 aromatic carbocycles. The van der Waals surface area contributed by atoms with Crippen LogP contribution >= 0.6 is 0 Å². The molecule has 4 nitrogen and oxygen atoms in total. The number of hydrogen-bond donors (Lipinski definition) is 0. The number of nitrogens with zero attached hydrogens (tertiary/aromatic N) is 3. The maximum Gasteiger partial charge on any atom is 0.164 e. The average molecular weight is 576 g/mol. The highest BCUT2D eigenvalue weighted by molar-refractivity contribution is 6.19. The molecule has 4 heteroatoms. The molecule has 0 bridgehead atoms. The van der Waals surface area contributed by atoms with Crippen molar-refractivity contribution in [2.45, 2.75) is 0 Å². The molecular weight excluding hydrogens is 550 g/mol. The second-order valence-electron chi connectivity index (χ2n) is 11.3. The normalized spacial score (nSPS) is 11.6. The predicted octanol–water partition coefficient (Wildman–Crippen LogP) is 10.7. The van der Waals surface area contributed by atoms with Crippen molar-refractivity contribution in [1.82, 2.24) is 15.0 Å². The Balaban J connectivity index is 1.24. The predicted molar refractivity (Wildman–Crippen MR) is 184 cm³/mol. The summed E-state index contributed by atoms with van der Waals surface area (Å²) in [7, 11) is 0. The first kappa shape index (κ1) is 25.4. The maximum atomic E-state index is 6.63. The lowest BCUT2D eigenvalue weighted by Gasteiger charge is -2.09. The third-order valence-electron chi connectivity index (χ3n) is 8.50. The van der Waals surface area contributed by atoms with Crippen molar-refractivity contribution < 1.29 is 4.42 Å². The summed E-state index contributed by atoms with van der Waals surface area (Å²) in [5.74, 6) is 1.86. The van der Waals surface area contributed by atoms with Crippen LogP contribution in [0, 0.1) is 0 Å². The zero-order valence-electron chi connectivity index (χ0n) is 24.2. The van der Waals surface area contributed by atoms with Gasteiger partial charge in [0.15, 0.2) is 17.5 Å². The van der Waals surface area contributed by atoms with E-state index in [1.165, 1.54) is 21.9 Å². The third-order valence-corrected chi connectivity index (χ3v) is 8.50. The lowest BCUT2D eigenvalue weighted by Crippen LogP contribution is -2.00. The van der Waals surface area contributed by atoms with Crippen molar-refractivity contribution in [2.75, 3.05) is 0 Å². The fourth-order valence-corrected chi connectivity index (χ4v) is 6.27. The molecule has 0 fully saturated rings. The van der Waals surface area contributed by atoms with Gasteiger partial charge in [0.05, 0.1) is 0 Å². The molecule has 0 unspecified atom stereocenters. The van der Waals surface area contributed by atoms with E-state index in [1.807, 2.05) is 30.3 Å². The van der Waals surface area contributed by atoms with Gasteiger partial charge >= 0.3 is 0 Å². The van der Waals surface area contributed by atoms with Crippen LogP contribution in [-0.2, 0) is 0 Å². The Morgan fingerprint density at radius 1 is 0.356 bits per heavy atom. The summed E-state index contributed by atoms with van der Waals surface area (Å²) in [6.45, 7) is 0. The summed E-state index contributed by atoms with van der Waals surface area (Å²) in [5.41, 5.74) is 6.81. The second-order valence-corrected chi connectivity index (χ2v) is 11.3. The third kappa shape index (κ3) is 4.35. The van der Waals surface area contributed by atoms with Crippen molar-refractivity contribution in [3.8, 4) is 45.3 Å². The van der Waals surface area contributed by atoms with Crippen molar-refractivity contribution in [2.24, 2.45) is 0 Å². The van der Waals surface area contributed by atoms with Gasteiger partial charge in [-0.3, -0.25) is 0 Å². The molecule has 0 aliphatic carbocycles. The Labute approximate surface area is 259 Å². The zero-order valence-corrected chi connectivity index (χ0v) is 24.2. The highest BCUT2D eigenvalue weighted by atomic mass is 16.3. The number of fused-ring (bicyclic) bond motifs is 6. The fraction of sp³-hybridized carbons (Fsp3) is 0. The summed E-state index contributed by atoms with van der Waals surface area (Å²) in [6.07, 6.45) is 0. The SMILES string of the molecule is c1ccc(-c2nc(-c3ccc4ccccc4c3)nc(-c3ccc4c(c3)oc3c5ccccc5c(-c5ccccc5)cc43)n2)cc1. The van der Waals surface area contributed by atoms with E-state index >= 15 is 0 Å². The lowest BCUT2D eigenvalue weighted by atomic mass is 9.95. The minimum Gasteiger partial charge on any atom is -0.455 e. The van der Waals surface area contributed by atoms with Crippen LogP contribution in [0.25, 0.3) is 88.8 Å². The van der Waals surface area contributed by atoms with Crippen LogP contribution in [-0.4, -0.2) is 15.0 Å². The van der Waals surface area contributed by atoms with E-state index in [0.717, 1.165) is 49.4 Å². The van der Waals surface area contributed by atoms with Gasteiger partial charge in [-0.15, -0.1) is 0 Å². The molecule has 0 spiro atoms. The zero-order chi connectivity index (χ0) is 29.7. The summed E-state index contributed by atoms with van der Waals surface area (Å²) < 4.78 is 6.63. The number of benzene rings is 7. The van der Waals surface area contributed by atoms with Gasteiger partial charge in [-0.25, -0.2) is 15.0 Å². The van der Waals surface area contributed by atoms with E-state index in [-0.39, 0.29) is 0 Å². The quantitative estimate of drug-likeness (QED) is 0.209. The fourth-order valence-electron chi connectivity index (χ4n) is 6.27. The highest BCUT2D eigenvalue weighted by Gasteiger charge is 2.17. The van der Waals surface area contributed by atoms with Crippen LogP contribution < -0.4 is 0 Å². The first-order valence-corrected chi connectivity index (χ1v) is 15.0. The first-order valence-electron chi connectivity index (χ1n) is 15.0. The Bertz CT molecular complexity index is 2540. The van der Waals surface area contributed by atoms with E-state index in [2.05, 4.69) is 121 Å². The monoisotopic (exact) mass is 575 g/mol. The topological polar surface area (TPSA) is 51.8 Å². The standard InChI is InChI=1S/C41H25N3O/c1-3-12-27(13-4-1)35-25-36-33-22-21-31(24-37(33)45-38(36)34-18-10-9-17-32(34)35)41-43-39(28-14-5-2-6-15-28)42-40(44-41)30-20-19-26-11-7-8-16-29(26)23-30/h1-25H. The van der Waals surface area contributed by atoms with Crippen molar-refractivity contribution >= 4 is 43.5 Å². The molecule has 0 aliphatic heterocycles. The average Bonchev–Trinajstić information content (AvgIpc) is 3.50. The molecule has 9 aromatic rings. The number of hydrogen-bond acceptors (Lipinski definition) is 4. The smallest absolute Gasteiger partial charge is 0.164 e. The maximum absolute atomic E-state index is 6.63. The van der Waals surface area contributed by atoms with Gasteiger partial charge in [-0.05, 0) is 51.6 Å². The van der Waals surface area contributed by atoms with Crippen LogP contribution in [0.3, 0.4) is 0 Å². The molecule has 0 N–H and O–H groups in total. The van der Waals surface area contributed by atoms with Crippen molar-refractivity contribution in [1.29, 1.82) is 0 Å². The van der Waals surface area contributed by atoms with Gasteiger partial charge < -0.3 is 4.42 Å². The van der Waals surface area contributed by atoms with E-state index in [0.29, 0.717) is 17.5 Å². The van der Waals surface area contributed by atoms with E-state index in [9.17, 15) is 0 Å². The molecule has 2 heterocycles. The molecule has 0 aliphatic rings. The van der Waals surface area contributed by atoms with Gasteiger partial charge in [0.2, 0.25) is 0 Å². The van der Waals surface area contributed by atoms with Gasteiger partial charge in [0.25, 0.3) is 0 Å². The molecule has 0 atom stereocenters. The lowest BCUT2D eigenvalue weighted by molar-refractivity contribution is 0.673. The summed E-state index contributed by atoms with van der Waals surface area (Å²) in [5, 5.41) is 6.73.